The van der Waals surface area contributed by atoms with Gasteiger partial charge in [0.1, 0.15) is 5.82 Å². The van der Waals surface area contributed by atoms with Gasteiger partial charge in [-0.1, -0.05) is 5.16 Å². The van der Waals surface area contributed by atoms with E-state index in [9.17, 15) is 4.79 Å². The number of esters is 1. The van der Waals surface area contributed by atoms with E-state index in [1.165, 1.54) is 13.3 Å². The van der Waals surface area contributed by atoms with Crippen LogP contribution in [0.3, 0.4) is 0 Å². The average molecular weight is 251 g/mol. The number of ether oxygens (including phenoxy) is 1. The van der Waals surface area contributed by atoms with Crippen molar-refractivity contribution >= 4 is 17.5 Å². The van der Waals surface area contributed by atoms with Crippen molar-refractivity contribution in [3.05, 3.63) is 23.9 Å². The number of oxime groups is 1. The van der Waals surface area contributed by atoms with Crippen LogP contribution in [0.25, 0.3) is 0 Å². The van der Waals surface area contributed by atoms with Crippen LogP contribution in [-0.4, -0.2) is 42.1 Å². The van der Waals surface area contributed by atoms with E-state index in [1.54, 1.807) is 12.1 Å². The molecule has 0 bridgehead atoms. The molecule has 0 aliphatic carbocycles. The smallest absolute Gasteiger partial charge is 0.360 e. The minimum absolute atomic E-state index is 0.163. The van der Waals surface area contributed by atoms with Gasteiger partial charge in [-0.15, -0.1) is 0 Å². The molecule has 0 unspecified atom stereocenters. The molecular weight excluding hydrogens is 234 g/mol. The normalized spacial score (nSPS) is 11.5. The lowest BCUT2D eigenvalue weighted by Crippen LogP contribution is -2.26. The molecule has 18 heavy (non-hydrogen) atoms. The highest BCUT2D eigenvalue weighted by molar-refractivity contribution is 6.43. The predicted molar refractivity (Wildman–Crippen MR) is 68.1 cm³/mol. The van der Waals surface area contributed by atoms with E-state index in [0.717, 1.165) is 5.82 Å². The molecule has 0 saturated heterocycles. The van der Waals surface area contributed by atoms with Crippen LogP contribution in [0.15, 0.2) is 23.5 Å². The Bertz CT molecular complexity index is 440. The lowest BCUT2D eigenvalue weighted by molar-refractivity contribution is -0.132. The van der Waals surface area contributed by atoms with Gasteiger partial charge in [0.2, 0.25) is 0 Å². The highest BCUT2D eigenvalue weighted by Crippen LogP contribution is 2.13. The molecule has 1 N–H and O–H groups in total. The van der Waals surface area contributed by atoms with Gasteiger partial charge < -0.3 is 14.8 Å². The number of methoxy groups -OCH3 is 1. The molecule has 0 aliphatic heterocycles. The van der Waals surface area contributed by atoms with Gasteiger partial charge in [0.15, 0.2) is 5.71 Å². The highest BCUT2D eigenvalue weighted by Gasteiger charge is 2.16. The van der Waals surface area contributed by atoms with Crippen LogP contribution in [-0.2, 0) is 9.53 Å². The van der Waals surface area contributed by atoms with Gasteiger partial charge in [-0.05, 0) is 26.0 Å². The van der Waals surface area contributed by atoms with Crippen LogP contribution in [0.4, 0.5) is 5.82 Å². The Hall–Kier alpha value is -2.11. The van der Waals surface area contributed by atoms with Gasteiger partial charge >= 0.3 is 5.97 Å². The summed E-state index contributed by atoms with van der Waals surface area (Å²) in [4.78, 5) is 17.5. The van der Waals surface area contributed by atoms with Crippen LogP contribution >= 0.6 is 0 Å². The fourth-order valence-corrected chi connectivity index (χ4v) is 1.31. The van der Waals surface area contributed by atoms with Crippen molar-refractivity contribution in [2.75, 3.05) is 19.1 Å². The zero-order valence-corrected chi connectivity index (χ0v) is 10.9. The summed E-state index contributed by atoms with van der Waals surface area (Å²) in [6.07, 6.45) is 1.47. The molecule has 0 atom stereocenters. The maximum atomic E-state index is 11.3. The summed E-state index contributed by atoms with van der Waals surface area (Å²) in [6.45, 7) is 4.09. The lowest BCUT2D eigenvalue weighted by Gasteiger charge is -2.22. The molecule has 0 aromatic carbocycles. The number of carbonyl (C=O) groups excluding carboxylic acids is 1. The number of aromatic nitrogens is 1. The maximum Gasteiger partial charge on any atom is 0.360 e. The van der Waals surface area contributed by atoms with Crippen molar-refractivity contribution in [1.82, 2.24) is 4.98 Å². The van der Waals surface area contributed by atoms with Gasteiger partial charge in [0.25, 0.3) is 0 Å². The number of hydrogen-bond acceptors (Lipinski definition) is 6. The molecule has 98 valence electrons. The van der Waals surface area contributed by atoms with Crippen molar-refractivity contribution in [3.63, 3.8) is 0 Å². The number of rotatable bonds is 4. The van der Waals surface area contributed by atoms with Gasteiger partial charge in [-0.25, -0.2) is 9.78 Å². The summed E-state index contributed by atoms with van der Waals surface area (Å²) in [5, 5.41) is 11.7. The van der Waals surface area contributed by atoms with Crippen molar-refractivity contribution in [1.29, 1.82) is 0 Å². The summed E-state index contributed by atoms with van der Waals surface area (Å²) in [7, 11) is 3.15. The summed E-state index contributed by atoms with van der Waals surface area (Å²) >= 11 is 0. The molecular formula is C12H17N3O3. The summed E-state index contributed by atoms with van der Waals surface area (Å²) in [6, 6.07) is 3.73. The fraction of sp³-hybridized carbons (Fsp3) is 0.417. The molecule has 0 fully saturated rings. The van der Waals surface area contributed by atoms with E-state index >= 15 is 0 Å². The quantitative estimate of drug-likeness (QED) is 0.377. The second kappa shape index (κ2) is 6.00. The van der Waals surface area contributed by atoms with E-state index in [0.29, 0.717) is 11.6 Å². The van der Waals surface area contributed by atoms with Crippen LogP contribution < -0.4 is 4.90 Å². The van der Waals surface area contributed by atoms with E-state index in [-0.39, 0.29) is 5.71 Å². The van der Waals surface area contributed by atoms with Gasteiger partial charge in [0.05, 0.1) is 7.11 Å². The number of hydrogen-bond donors (Lipinski definition) is 1. The van der Waals surface area contributed by atoms with Crippen LogP contribution in [0.2, 0.25) is 0 Å². The highest BCUT2D eigenvalue weighted by atomic mass is 16.5. The Labute approximate surface area is 106 Å². The Kier molecular flexibility index (Phi) is 4.65. The van der Waals surface area contributed by atoms with Crippen LogP contribution in [0.1, 0.15) is 19.4 Å². The van der Waals surface area contributed by atoms with Crippen LogP contribution in [0, 0.1) is 0 Å². The molecule has 6 nitrogen and oxygen atoms in total. The molecule has 1 rings (SSSR count). The predicted octanol–water partition coefficient (Wildman–Crippen LogP) is 1.28. The number of carbonyl (C=O) groups is 1. The van der Waals surface area contributed by atoms with E-state index in [4.69, 9.17) is 5.21 Å². The molecule has 0 aliphatic rings. The molecule has 0 radical (unpaired) electrons. The van der Waals surface area contributed by atoms with E-state index in [1.807, 2.05) is 25.8 Å². The second-order valence-corrected chi connectivity index (χ2v) is 4.05. The third-order valence-electron chi connectivity index (χ3n) is 2.64. The fourth-order valence-electron chi connectivity index (χ4n) is 1.31. The lowest BCUT2D eigenvalue weighted by atomic mass is 10.2. The second-order valence-electron chi connectivity index (χ2n) is 4.05. The van der Waals surface area contributed by atoms with E-state index in [2.05, 4.69) is 14.9 Å². The number of nitrogens with zero attached hydrogens (tertiary/aromatic N) is 3. The molecule has 0 amide bonds. The largest absolute Gasteiger partial charge is 0.464 e. The Morgan fingerprint density at radius 3 is 2.56 bits per heavy atom. The summed E-state index contributed by atoms with van der Waals surface area (Å²) in [5.41, 5.74) is 0.244. The Morgan fingerprint density at radius 1 is 1.50 bits per heavy atom. The average Bonchev–Trinajstić information content (AvgIpc) is 2.39. The Morgan fingerprint density at radius 2 is 2.17 bits per heavy atom. The maximum absolute atomic E-state index is 11.3. The topological polar surface area (TPSA) is 75.0 Å². The number of pyridine rings is 1. The van der Waals surface area contributed by atoms with Crippen molar-refractivity contribution in [3.8, 4) is 0 Å². The monoisotopic (exact) mass is 251 g/mol. The minimum Gasteiger partial charge on any atom is -0.464 e. The minimum atomic E-state index is -0.704. The Balaban J connectivity index is 2.99. The molecule has 0 spiro atoms. The summed E-state index contributed by atoms with van der Waals surface area (Å²) < 4.78 is 4.51. The first-order valence-electron chi connectivity index (χ1n) is 5.50. The van der Waals surface area contributed by atoms with Gasteiger partial charge in [0, 0.05) is 24.8 Å². The molecule has 0 saturated carbocycles. The van der Waals surface area contributed by atoms with Crippen LogP contribution in [0.5, 0.6) is 0 Å². The third-order valence-corrected chi connectivity index (χ3v) is 2.64. The number of anilines is 1. The standard InChI is InChI=1S/C12H17N3O3/c1-8(2)15(3)10-6-5-9(7-13-10)11(14-17)12(16)18-4/h5-8,17H,1-4H3/b14-11-. The zero-order chi connectivity index (χ0) is 13.7. The first kappa shape index (κ1) is 14.0. The first-order chi connectivity index (χ1) is 8.51. The molecule has 1 heterocycles. The SMILES string of the molecule is COC(=O)/C(=N\O)c1ccc(N(C)C(C)C)nc1. The van der Waals surface area contributed by atoms with Crippen molar-refractivity contribution < 1.29 is 14.7 Å². The molecule has 1 aromatic heterocycles. The zero-order valence-electron chi connectivity index (χ0n) is 10.9. The molecule has 1 aromatic rings. The first-order valence-corrected chi connectivity index (χ1v) is 5.50. The molecule has 6 heteroatoms. The van der Waals surface area contributed by atoms with E-state index < -0.39 is 5.97 Å². The van der Waals surface area contributed by atoms with Crippen molar-refractivity contribution in [2.45, 2.75) is 19.9 Å². The van der Waals surface area contributed by atoms with Crippen molar-refractivity contribution in [2.24, 2.45) is 5.16 Å². The van der Waals surface area contributed by atoms with Gasteiger partial charge in [-0.3, -0.25) is 0 Å². The summed E-state index contributed by atoms with van der Waals surface area (Å²) in [5.74, 6) is 0.0696. The van der Waals surface area contributed by atoms with Gasteiger partial charge in [-0.2, -0.15) is 0 Å². The third kappa shape index (κ3) is 2.97.